The second-order valence-corrected chi connectivity index (χ2v) is 6.18. The maximum atomic E-state index is 12.5. The van der Waals surface area contributed by atoms with Gasteiger partial charge in [-0.2, -0.15) is 0 Å². The van der Waals surface area contributed by atoms with Crippen LogP contribution >= 0.6 is 12.4 Å². The molecule has 2 fully saturated rings. The molecule has 5 heteroatoms. The van der Waals surface area contributed by atoms with E-state index in [0.717, 1.165) is 50.1 Å². The van der Waals surface area contributed by atoms with Crippen molar-refractivity contribution in [1.82, 2.24) is 4.90 Å². The number of hydrogen-bond acceptors (Lipinski definition) is 3. The molecule has 1 aliphatic carbocycles. The van der Waals surface area contributed by atoms with Crippen molar-refractivity contribution >= 4 is 18.3 Å². The van der Waals surface area contributed by atoms with Crippen LogP contribution in [0.25, 0.3) is 0 Å². The van der Waals surface area contributed by atoms with Crippen LogP contribution < -0.4 is 10.5 Å². The molecule has 1 aromatic rings. The summed E-state index contributed by atoms with van der Waals surface area (Å²) >= 11 is 0. The third-order valence-corrected chi connectivity index (χ3v) is 4.51. The van der Waals surface area contributed by atoms with Gasteiger partial charge in [-0.1, -0.05) is 6.07 Å². The average Bonchev–Trinajstić information content (AvgIpc) is 3.00. The molecular weight excluding hydrogens is 300 g/mol. The van der Waals surface area contributed by atoms with Gasteiger partial charge in [0, 0.05) is 24.7 Å². The highest BCUT2D eigenvalue weighted by atomic mass is 35.5. The summed E-state index contributed by atoms with van der Waals surface area (Å²) in [7, 11) is 0. The van der Waals surface area contributed by atoms with E-state index in [9.17, 15) is 4.79 Å². The van der Waals surface area contributed by atoms with Crippen molar-refractivity contribution in [3.05, 3.63) is 29.8 Å². The lowest BCUT2D eigenvalue weighted by molar-refractivity contribution is 0.0714. The lowest BCUT2D eigenvalue weighted by Gasteiger charge is -2.30. The fraction of sp³-hybridized carbons (Fsp3) is 0.588. The van der Waals surface area contributed by atoms with E-state index < -0.39 is 0 Å². The molecule has 3 rings (SSSR count). The maximum absolute atomic E-state index is 12.5. The first-order valence-corrected chi connectivity index (χ1v) is 8.04. The molecule has 1 saturated heterocycles. The van der Waals surface area contributed by atoms with Gasteiger partial charge in [-0.05, 0) is 56.7 Å². The van der Waals surface area contributed by atoms with Gasteiger partial charge >= 0.3 is 0 Å². The van der Waals surface area contributed by atoms with E-state index in [2.05, 4.69) is 0 Å². The number of carbonyl (C=O) groups is 1. The molecule has 1 amide bonds. The Morgan fingerprint density at radius 2 is 1.82 bits per heavy atom. The minimum atomic E-state index is 0. The highest BCUT2D eigenvalue weighted by Gasteiger charge is 2.22. The Hall–Kier alpha value is -1.26. The largest absolute Gasteiger partial charge is 0.490 e. The van der Waals surface area contributed by atoms with Crippen molar-refractivity contribution in [2.75, 3.05) is 13.1 Å². The second-order valence-electron chi connectivity index (χ2n) is 6.18. The van der Waals surface area contributed by atoms with Crippen LogP contribution in [0.15, 0.2) is 24.3 Å². The number of nitrogens with two attached hydrogens (primary N) is 1. The van der Waals surface area contributed by atoms with Crippen LogP contribution in [0.1, 0.15) is 48.9 Å². The minimum absolute atomic E-state index is 0. The van der Waals surface area contributed by atoms with Gasteiger partial charge < -0.3 is 15.4 Å². The number of carbonyl (C=O) groups excluding carboxylic acids is 1. The first-order chi connectivity index (χ1) is 10.2. The van der Waals surface area contributed by atoms with Crippen molar-refractivity contribution in [2.24, 2.45) is 5.73 Å². The van der Waals surface area contributed by atoms with Gasteiger partial charge in [0.1, 0.15) is 5.75 Å². The lowest BCUT2D eigenvalue weighted by atomic mass is 10.0. The van der Waals surface area contributed by atoms with Crippen molar-refractivity contribution in [1.29, 1.82) is 0 Å². The highest BCUT2D eigenvalue weighted by molar-refractivity contribution is 5.94. The molecule has 22 heavy (non-hydrogen) atoms. The summed E-state index contributed by atoms with van der Waals surface area (Å²) in [5, 5.41) is 0. The zero-order valence-corrected chi connectivity index (χ0v) is 13.7. The van der Waals surface area contributed by atoms with Gasteiger partial charge in [-0.3, -0.25) is 4.79 Å². The van der Waals surface area contributed by atoms with Crippen LogP contribution in [0.3, 0.4) is 0 Å². The Bertz CT molecular complexity index is 495. The number of piperidine rings is 1. The molecule has 0 radical (unpaired) electrons. The smallest absolute Gasteiger partial charge is 0.253 e. The molecule has 0 bridgehead atoms. The lowest BCUT2D eigenvalue weighted by Crippen LogP contribution is -2.42. The van der Waals surface area contributed by atoms with E-state index in [1.165, 1.54) is 12.8 Å². The third-order valence-electron chi connectivity index (χ3n) is 4.51. The quantitative estimate of drug-likeness (QED) is 0.930. The molecule has 2 aliphatic rings. The molecule has 1 aliphatic heterocycles. The molecule has 0 atom stereocenters. The SMILES string of the molecule is Cl.NC1CCN(C(=O)c2cccc(OC3CCCC3)c2)CC1. The van der Waals surface area contributed by atoms with Crippen molar-refractivity contribution < 1.29 is 9.53 Å². The standard InChI is InChI=1S/C17H24N2O2.ClH/c18-14-8-10-19(11-9-14)17(20)13-4-3-7-16(12-13)21-15-5-1-2-6-15;/h3-4,7,12,14-15H,1-2,5-6,8-11,18H2;1H. The van der Waals surface area contributed by atoms with E-state index in [4.69, 9.17) is 10.5 Å². The Labute approximate surface area is 138 Å². The van der Waals surface area contributed by atoms with Gasteiger partial charge in [-0.15, -0.1) is 12.4 Å². The number of rotatable bonds is 3. The number of likely N-dealkylation sites (tertiary alicyclic amines) is 1. The Kier molecular flexibility index (Phi) is 6.09. The molecule has 1 saturated carbocycles. The Morgan fingerprint density at radius 1 is 1.14 bits per heavy atom. The zero-order chi connectivity index (χ0) is 14.7. The summed E-state index contributed by atoms with van der Waals surface area (Å²) in [4.78, 5) is 14.4. The first-order valence-electron chi connectivity index (χ1n) is 8.04. The van der Waals surface area contributed by atoms with E-state index in [-0.39, 0.29) is 24.4 Å². The van der Waals surface area contributed by atoms with Crippen LogP contribution in [0.5, 0.6) is 5.75 Å². The van der Waals surface area contributed by atoms with Crippen molar-refractivity contribution in [2.45, 2.75) is 50.7 Å². The monoisotopic (exact) mass is 324 g/mol. The molecule has 0 unspecified atom stereocenters. The van der Waals surface area contributed by atoms with E-state index in [1.54, 1.807) is 0 Å². The second kappa shape index (κ2) is 7.84. The van der Waals surface area contributed by atoms with Gasteiger partial charge in [0.2, 0.25) is 0 Å². The fourth-order valence-corrected chi connectivity index (χ4v) is 3.19. The molecule has 2 N–H and O–H groups in total. The summed E-state index contributed by atoms with van der Waals surface area (Å²) in [5.41, 5.74) is 6.62. The normalized spacial score (nSPS) is 19.8. The Morgan fingerprint density at radius 3 is 2.50 bits per heavy atom. The predicted octanol–water partition coefficient (Wildman–Crippen LogP) is 2.99. The van der Waals surface area contributed by atoms with Gasteiger partial charge in [0.05, 0.1) is 6.10 Å². The molecule has 122 valence electrons. The number of nitrogens with zero attached hydrogens (tertiary/aromatic N) is 1. The van der Waals surface area contributed by atoms with Crippen molar-refractivity contribution in [3.63, 3.8) is 0 Å². The van der Waals surface area contributed by atoms with Crippen LogP contribution in [0.2, 0.25) is 0 Å². The summed E-state index contributed by atoms with van der Waals surface area (Å²) in [6.07, 6.45) is 6.86. The fourth-order valence-electron chi connectivity index (χ4n) is 3.19. The zero-order valence-electron chi connectivity index (χ0n) is 12.9. The minimum Gasteiger partial charge on any atom is -0.490 e. The van der Waals surface area contributed by atoms with Crippen LogP contribution in [-0.2, 0) is 0 Å². The summed E-state index contributed by atoms with van der Waals surface area (Å²) in [6, 6.07) is 7.85. The van der Waals surface area contributed by atoms with E-state index in [0.29, 0.717) is 6.10 Å². The topological polar surface area (TPSA) is 55.6 Å². The van der Waals surface area contributed by atoms with Gasteiger partial charge in [0.15, 0.2) is 0 Å². The van der Waals surface area contributed by atoms with Crippen molar-refractivity contribution in [3.8, 4) is 5.75 Å². The average molecular weight is 325 g/mol. The number of ether oxygens (including phenoxy) is 1. The third kappa shape index (κ3) is 4.14. The van der Waals surface area contributed by atoms with E-state index >= 15 is 0 Å². The summed E-state index contributed by atoms with van der Waals surface area (Å²) in [5.74, 6) is 0.917. The molecule has 4 nitrogen and oxygen atoms in total. The number of amides is 1. The van der Waals surface area contributed by atoms with Gasteiger partial charge in [-0.25, -0.2) is 0 Å². The predicted molar refractivity (Wildman–Crippen MR) is 89.7 cm³/mol. The molecule has 1 heterocycles. The van der Waals surface area contributed by atoms with Gasteiger partial charge in [0.25, 0.3) is 5.91 Å². The molecule has 0 spiro atoms. The molecule has 0 aromatic heterocycles. The number of hydrogen-bond donors (Lipinski definition) is 1. The summed E-state index contributed by atoms with van der Waals surface area (Å²) < 4.78 is 5.98. The molecule has 1 aromatic carbocycles. The number of halogens is 1. The maximum Gasteiger partial charge on any atom is 0.253 e. The highest BCUT2D eigenvalue weighted by Crippen LogP contribution is 2.25. The molecular formula is C17H25ClN2O2. The Balaban J connectivity index is 0.00000176. The summed E-state index contributed by atoms with van der Waals surface area (Å²) in [6.45, 7) is 1.52. The van der Waals surface area contributed by atoms with Crippen LogP contribution in [-0.4, -0.2) is 36.0 Å². The van der Waals surface area contributed by atoms with E-state index in [1.807, 2.05) is 29.2 Å². The number of benzene rings is 1. The first kappa shape index (κ1) is 17.1. The van der Waals surface area contributed by atoms with Crippen LogP contribution in [0.4, 0.5) is 0 Å². The van der Waals surface area contributed by atoms with Crippen LogP contribution in [0, 0.1) is 0 Å².